The Labute approximate surface area is 88.2 Å². The van der Waals surface area contributed by atoms with Crippen molar-refractivity contribution in [1.29, 1.82) is 0 Å². The first kappa shape index (κ1) is 11.5. The third kappa shape index (κ3) is 2.45. The predicted molar refractivity (Wildman–Crippen MR) is 53.0 cm³/mol. The van der Waals surface area contributed by atoms with Crippen LogP contribution in [-0.2, 0) is 9.59 Å². The van der Waals surface area contributed by atoms with Crippen LogP contribution in [0.1, 0.15) is 12.8 Å². The number of amides is 4. The molecule has 84 valence electrons. The van der Waals surface area contributed by atoms with Gasteiger partial charge < -0.3 is 10.2 Å². The number of likely N-dealkylation sites (N-methyl/N-ethyl adjacent to an activating group) is 1. The lowest BCUT2D eigenvalue weighted by molar-refractivity contribution is -0.147. The maximum atomic E-state index is 11.6. The molecule has 0 aromatic heterocycles. The molecule has 1 rings (SSSR count). The molecule has 0 bridgehead atoms. The van der Waals surface area contributed by atoms with Gasteiger partial charge in [0.25, 0.3) is 5.91 Å². The summed E-state index contributed by atoms with van der Waals surface area (Å²) in [6.45, 7) is 0. The Hall–Kier alpha value is -1.59. The minimum atomic E-state index is -0.581. The second-order valence-electron chi connectivity index (χ2n) is 3.73. The van der Waals surface area contributed by atoms with Crippen molar-refractivity contribution < 1.29 is 14.4 Å². The molecule has 0 radical (unpaired) electrons. The summed E-state index contributed by atoms with van der Waals surface area (Å²) in [5.41, 5.74) is 0. The highest BCUT2D eigenvalue weighted by molar-refractivity contribution is 6.01. The summed E-state index contributed by atoms with van der Waals surface area (Å²) in [5.74, 6) is -0.545. The summed E-state index contributed by atoms with van der Waals surface area (Å²) in [6, 6.07) is -0.904. The van der Waals surface area contributed by atoms with Crippen molar-refractivity contribution in [3.05, 3.63) is 0 Å². The van der Waals surface area contributed by atoms with E-state index in [1.165, 1.54) is 11.9 Å². The summed E-state index contributed by atoms with van der Waals surface area (Å²) in [7, 11) is 4.62. The molecule has 1 heterocycles. The lowest BCUT2D eigenvalue weighted by Gasteiger charge is -2.28. The van der Waals surface area contributed by atoms with E-state index in [2.05, 4.69) is 5.32 Å². The maximum absolute atomic E-state index is 11.6. The average molecular weight is 213 g/mol. The molecule has 1 unspecified atom stereocenters. The van der Waals surface area contributed by atoms with Crippen molar-refractivity contribution in [1.82, 2.24) is 15.1 Å². The standard InChI is InChI=1S/C9H15N3O3/c1-11(2)9(15)10-6-4-5-7(13)12(3)8(6)14/h6H,4-5H2,1-3H3,(H,10,15). The molecule has 1 aliphatic heterocycles. The molecule has 0 aromatic rings. The van der Waals surface area contributed by atoms with E-state index in [9.17, 15) is 14.4 Å². The van der Waals surface area contributed by atoms with E-state index < -0.39 is 6.04 Å². The Balaban J connectivity index is 2.61. The van der Waals surface area contributed by atoms with Crippen LogP contribution in [0.15, 0.2) is 0 Å². The topological polar surface area (TPSA) is 69.7 Å². The third-order valence-corrected chi connectivity index (χ3v) is 2.35. The number of hydrogen-bond donors (Lipinski definition) is 1. The maximum Gasteiger partial charge on any atom is 0.317 e. The molecule has 1 fully saturated rings. The fourth-order valence-corrected chi connectivity index (χ4v) is 1.33. The van der Waals surface area contributed by atoms with Gasteiger partial charge >= 0.3 is 6.03 Å². The van der Waals surface area contributed by atoms with E-state index in [1.807, 2.05) is 0 Å². The molecular formula is C9H15N3O3. The number of urea groups is 1. The number of piperidine rings is 1. The third-order valence-electron chi connectivity index (χ3n) is 2.35. The number of nitrogens with one attached hydrogen (secondary N) is 1. The highest BCUT2D eigenvalue weighted by Crippen LogP contribution is 2.11. The van der Waals surface area contributed by atoms with Crippen LogP contribution in [0.4, 0.5) is 4.79 Å². The van der Waals surface area contributed by atoms with Crippen LogP contribution in [0.5, 0.6) is 0 Å². The summed E-state index contributed by atoms with van der Waals surface area (Å²) in [4.78, 5) is 36.4. The van der Waals surface area contributed by atoms with Crippen LogP contribution >= 0.6 is 0 Å². The second kappa shape index (κ2) is 4.29. The van der Waals surface area contributed by atoms with E-state index >= 15 is 0 Å². The van der Waals surface area contributed by atoms with Gasteiger partial charge in [-0.05, 0) is 6.42 Å². The molecule has 4 amide bonds. The number of imide groups is 1. The molecule has 0 aromatic carbocycles. The number of hydrogen-bond acceptors (Lipinski definition) is 3. The van der Waals surface area contributed by atoms with Crippen LogP contribution in [0.3, 0.4) is 0 Å². The molecule has 15 heavy (non-hydrogen) atoms. The number of rotatable bonds is 1. The van der Waals surface area contributed by atoms with Gasteiger partial charge in [-0.3, -0.25) is 14.5 Å². The number of nitrogens with zero attached hydrogens (tertiary/aromatic N) is 2. The van der Waals surface area contributed by atoms with E-state index in [0.29, 0.717) is 12.8 Å². The minimum Gasteiger partial charge on any atom is -0.331 e. The van der Waals surface area contributed by atoms with Gasteiger partial charge in [-0.1, -0.05) is 0 Å². The molecule has 1 saturated heterocycles. The van der Waals surface area contributed by atoms with E-state index in [0.717, 1.165) is 4.90 Å². The molecule has 0 aliphatic carbocycles. The Morgan fingerprint density at radius 1 is 1.47 bits per heavy atom. The van der Waals surface area contributed by atoms with Crippen molar-refractivity contribution in [2.75, 3.05) is 21.1 Å². The van der Waals surface area contributed by atoms with Crippen molar-refractivity contribution in [2.45, 2.75) is 18.9 Å². The zero-order chi connectivity index (χ0) is 11.6. The summed E-state index contributed by atoms with van der Waals surface area (Å²) in [6.07, 6.45) is 0.669. The molecular weight excluding hydrogens is 198 g/mol. The van der Waals surface area contributed by atoms with E-state index in [1.54, 1.807) is 14.1 Å². The Morgan fingerprint density at radius 2 is 2.07 bits per heavy atom. The highest BCUT2D eigenvalue weighted by atomic mass is 16.2. The van der Waals surface area contributed by atoms with Crippen LogP contribution < -0.4 is 5.32 Å². The molecule has 6 heteroatoms. The number of likely N-dealkylation sites (tertiary alicyclic amines) is 1. The van der Waals surface area contributed by atoms with Gasteiger partial charge in [0.1, 0.15) is 6.04 Å². The summed E-state index contributed by atoms with van der Waals surface area (Å²) < 4.78 is 0. The van der Waals surface area contributed by atoms with Gasteiger partial charge in [-0.15, -0.1) is 0 Å². The first-order valence-electron chi connectivity index (χ1n) is 4.71. The van der Waals surface area contributed by atoms with Gasteiger partial charge in [0.05, 0.1) is 0 Å². The minimum absolute atomic E-state index is 0.199. The monoisotopic (exact) mass is 213 g/mol. The molecule has 0 spiro atoms. The second-order valence-corrected chi connectivity index (χ2v) is 3.73. The Bertz CT molecular complexity index is 301. The zero-order valence-electron chi connectivity index (χ0n) is 9.11. The van der Waals surface area contributed by atoms with Crippen LogP contribution in [-0.4, -0.2) is 54.8 Å². The molecule has 0 saturated carbocycles. The van der Waals surface area contributed by atoms with Crippen molar-refractivity contribution in [3.8, 4) is 0 Å². The lowest BCUT2D eigenvalue weighted by atomic mass is 10.1. The van der Waals surface area contributed by atoms with Crippen LogP contribution in [0.25, 0.3) is 0 Å². The number of carbonyl (C=O) groups is 3. The van der Waals surface area contributed by atoms with Gasteiger partial charge in [-0.25, -0.2) is 4.79 Å². The first-order valence-corrected chi connectivity index (χ1v) is 4.71. The lowest BCUT2D eigenvalue weighted by Crippen LogP contribution is -2.54. The fourth-order valence-electron chi connectivity index (χ4n) is 1.33. The predicted octanol–water partition coefficient (Wildman–Crippen LogP) is -0.595. The summed E-state index contributed by atoms with van der Waals surface area (Å²) in [5, 5.41) is 2.56. The highest BCUT2D eigenvalue weighted by Gasteiger charge is 2.32. The normalized spacial score (nSPS) is 21.5. The number of carbonyl (C=O) groups excluding carboxylic acids is 3. The molecule has 6 nitrogen and oxygen atoms in total. The first-order chi connectivity index (χ1) is 6.93. The van der Waals surface area contributed by atoms with Gasteiger partial charge in [0.15, 0.2) is 0 Å². The van der Waals surface area contributed by atoms with Crippen molar-refractivity contribution in [3.63, 3.8) is 0 Å². The molecule has 1 atom stereocenters. The van der Waals surface area contributed by atoms with Gasteiger partial charge in [0.2, 0.25) is 5.91 Å². The molecule has 1 aliphatic rings. The molecule has 1 N–H and O–H groups in total. The SMILES string of the molecule is CN(C)C(=O)NC1CCC(=O)N(C)C1=O. The van der Waals surface area contributed by atoms with Crippen molar-refractivity contribution in [2.24, 2.45) is 0 Å². The van der Waals surface area contributed by atoms with Crippen LogP contribution in [0, 0.1) is 0 Å². The average Bonchev–Trinajstić information content (AvgIpc) is 2.18. The zero-order valence-corrected chi connectivity index (χ0v) is 9.11. The van der Waals surface area contributed by atoms with E-state index in [-0.39, 0.29) is 17.8 Å². The quantitative estimate of drug-likeness (QED) is 0.592. The van der Waals surface area contributed by atoms with Crippen molar-refractivity contribution >= 4 is 17.8 Å². The van der Waals surface area contributed by atoms with E-state index in [4.69, 9.17) is 0 Å². The summed E-state index contributed by atoms with van der Waals surface area (Å²) >= 11 is 0. The van der Waals surface area contributed by atoms with Crippen LogP contribution in [0.2, 0.25) is 0 Å². The fraction of sp³-hybridized carbons (Fsp3) is 0.667. The Kier molecular flexibility index (Phi) is 3.28. The van der Waals surface area contributed by atoms with Gasteiger partial charge in [0, 0.05) is 27.6 Å². The largest absolute Gasteiger partial charge is 0.331 e. The van der Waals surface area contributed by atoms with Gasteiger partial charge in [-0.2, -0.15) is 0 Å². The Morgan fingerprint density at radius 3 is 2.60 bits per heavy atom. The smallest absolute Gasteiger partial charge is 0.317 e.